The highest BCUT2D eigenvalue weighted by molar-refractivity contribution is 9.11. The number of thiophene rings is 1. The number of hydrogen-bond acceptors (Lipinski definition) is 2. The molecule has 1 aromatic rings. The minimum Gasteiger partial charge on any atom is -0.327 e. The van der Waals surface area contributed by atoms with E-state index in [1.165, 1.54) is 27.1 Å². The molecule has 0 saturated heterocycles. The molecule has 1 nitrogen and oxygen atoms in total. The third-order valence-corrected chi connectivity index (χ3v) is 3.89. The van der Waals surface area contributed by atoms with E-state index in [1.807, 2.05) is 0 Å². The molecule has 13 heavy (non-hydrogen) atoms. The van der Waals surface area contributed by atoms with Gasteiger partial charge in [-0.2, -0.15) is 0 Å². The summed E-state index contributed by atoms with van der Waals surface area (Å²) in [7, 11) is 0. The third-order valence-electron chi connectivity index (χ3n) is 2.21. The number of rotatable bonds is 3. The smallest absolute Gasteiger partial charge is 0.0704 e. The monoisotopic (exact) mass is 257 g/mol. The zero-order valence-corrected chi connectivity index (χ0v) is 9.70. The van der Waals surface area contributed by atoms with Gasteiger partial charge in [-0.25, -0.2) is 0 Å². The van der Waals surface area contributed by atoms with E-state index >= 15 is 0 Å². The molecular formula is C10H12BrNS. The molecule has 1 heterocycles. The Kier molecular flexibility index (Phi) is 2.86. The van der Waals surface area contributed by atoms with Crippen LogP contribution in [0, 0.1) is 5.92 Å². The van der Waals surface area contributed by atoms with Crippen LogP contribution in [0.15, 0.2) is 22.0 Å². The second kappa shape index (κ2) is 3.95. The van der Waals surface area contributed by atoms with Crippen LogP contribution in [-0.4, -0.2) is 6.54 Å². The Balaban J connectivity index is 2.24. The van der Waals surface area contributed by atoms with Crippen molar-refractivity contribution in [1.29, 1.82) is 0 Å². The molecule has 1 fully saturated rings. The van der Waals surface area contributed by atoms with Crippen molar-refractivity contribution in [3.05, 3.63) is 26.9 Å². The summed E-state index contributed by atoms with van der Waals surface area (Å²) in [5.41, 5.74) is 7.01. The van der Waals surface area contributed by atoms with Gasteiger partial charge in [-0.05, 0) is 52.4 Å². The van der Waals surface area contributed by atoms with Gasteiger partial charge in [-0.1, -0.05) is 6.08 Å². The molecule has 0 aromatic carbocycles. The third kappa shape index (κ3) is 2.22. The predicted octanol–water partition coefficient (Wildman–Crippen LogP) is 3.26. The molecule has 2 rings (SSSR count). The van der Waals surface area contributed by atoms with Crippen molar-refractivity contribution in [3.63, 3.8) is 0 Å². The summed E-state index contributed by atoms with van der Waals surface area (Å²) < 4.78 is 1.20. The molecule has 1 aromatic heterocycles. The Morgan fingerprint density at radius 3 is 2.85 bits per heavy atom. The van der Waals surface area contributed by atoms with Crippen LogP contribution in [0.4, 0.5) is 0 Å². The zero-order chi connectivity index (χ0) is 9.26. The largest absolute Gasteiger partial charge is 0.327 e. The maximum Gasteiger partial charge on any atom is 0.0704 e. The van der Waals surface area contributed by atoms with Crippen LogP contribution in [0.25, 0.3) is 5.57 Å². The zero-order valence-electron chi connectivity index (χ0n) is 7.29. The highest BCUT2D eigenvalue weighted by Crippen LogP contribution is 2.44. The van der Waals surface area contributed by atoms with E-state index in [0.717, 1.165) is 5.92 Å². The van der Waals surface area contributed by atoms with Crippen LogP contribution in [0.2, 0.25) is 0 Å². The number of allylic oxidation sites excluding steroid dienone is 1. The average molecular weight is 258 g/mol. The normalized spacial score (nSPS) is 17.8. The van der Waals surface area contributed by atoms with Crippen molar-refractivity contribution in [2.45, 2.75) is 12.8 Å². The van der Waals surface area contributed by atoms with Gasteiger partial charge in [-0.15, -0.1) is 11.3 Å². The maximum absolute atomic E-state index is 5.56. The molecule has 3 heteroatoms. The van der Waals surface area contributed by atoms with E-state index in [9.17, 15) is 0 Å². The molecule has 0 amide bonds. The van der Waals surface area contributed by atoms with Crippen molar-refractivity contribution in [3.8, 4) is 0 Å². The van der Waals surface area contributed by atoms with Crippen LogP contribution in [0.3, 0.4) is 0 Å². The number of halogens is 1. The summed E-state index contributed by atoms with van der Waals surface area (Å²) in [6, 6.07) is 4.28. The van der Waals surface area contributed by atoms with Crippen molar-refractivity contribution in [2.75, 3.05) is 6.54 Å². The Morgan fingerprint density at radius 2 is 2.38 bits per heavy atom. The van der Waals surface area contributed by atoms with Gasteiger partial charge < -0.3 is 5.73 Å². The lowest BCUT2D eigenvalue weighted by Gasteiger charge is -2.01. The highest BCUT2D eigenvalue weighted by Gasteiger charge is 2.27. The lowest BCUT2D eigenvalue weighted by Crippen LogP contribution is -1.96. The quantitative estimate of drug-likeness (QED) is 0.884. The highest BCUT2D eigenvalue weighted by atomic mass is 79.9. The first-order valence-corrected chi connectivity index (χ1v) is 6.08. The fraction of sp³-hybridized carbons (Fsp3) is 0.400. The first kappa shape index (κ1) is 9.44. The van der Waals surface area contributed by atoms with E-state index in [1.54, 1.807) is 11.3 Å². The van der Waals surface area contributed by atoms with Gasteiger partial charge in [0.15, 0.2) is 0 Å². The molecule has 1 aliphatic carbocycles. The van der Waals surface area contributed by atoms with Crippen molar-refractivity contribution >= 4 is 32.8 Å². The number of nitrogens with two attached hydrogens (primary N) is 1. The van der Waals surface area contributed by atoms with Gasteiger partial charge in [0.1, 0.15) is 0 Å². The van der Waals surface area contributed by atoms with E-state index < -0.39 is 0 Å². The summed E-state index contributed by atoms with van der Waals surface area (Å²) in [6.45, 7) is 0.654. The van der Waals surface area contributed by atoms with Crippen LogP contribution < -0.4 is 5.73 Å². The summed E-state index contributed by atoms with van der Waals surface area (Å²) >= 11 is 5.28. The van der Waals surface area contributed by atoms with Gasteiger partial charge in [0.25, 0.3) is 0 Å². The average Bonchev–Trinajstić information content (AvgIpc) is 2.85. The summed E-state index contributed by atoms with van der Waals surface area (Å²) in [5, 5.41) is 0. The molecule has 0 atom stereocenters. The summed E-state index contributed by atoms with van der Waals surface area (Å²) in [6.07, 6.45) is 4.83. The molecule has 70 valence electrons. The Hall–Kier alpha value is -0.120. The number of hydrogen-bond donors (Lipinski definition) is 1. The van der Waals surface area contributed by atoms with Crippen molar-refractivity contribution in [2.24, 2.45) is 11.7 Å². The Morgan fingerprint density at radius 1 is 1.62 bits per heavy atom. The van der Waals surface area contributed by atoms with Crippen LogP contribution in [-0.2, 0) is 0 Å². The molecule has 0 unspecified atom stereocenters. The van der Waals surface area contributed by atoms with Crippen molar-refractivity contribution < 1.29 is 0 Å². The molecule has 0 bridgehead atoms. The molecule has 0 radical (unpaired) electrons. The molecule has 1 aliphatic rings. The molecular weight excluding hydrogens is 246 g/mol. The molecule has 1 saturated carbocycles. The Bertz CT molecular complexity index is 325. The Labute approximate surface area is 90.8 Å². The second-order valence-corrected chi connectivity index (χ2v) is 5.74. The van der Waals surface area contributed by atoms with Crippen molar-refractivity contribution in [1.82, 2.24) is 0 Å². The molecule has 2 N–H and O–H groups in total. The predicted molar refractivity (Wildman–Crippen MR) is 61.8 cm³/mol. The summed E-state index contributed by atoms with van der Waals surface area (Å²) in [4.78, 5) is 1.37. The molecule has 0 aliphatic heterocycles. The van der Waals surface area contributed by atoms with Crippen LogP contribution >= 0.6 is 27.3 Å². The lowest BCUT2D eigenvalue weighted by molar-refractivity contribution is 1.13. The van der Waals surface area contributed by atoms with E-state index in [4.69, 9.17) is 5.73 Å². The van der Waals surface area contributed by atoms with Gasteiger partial charge in [-0.3, -0.25) is 0 Å². The first-order valence-electron chi connectivity index (χ1n) is 4.47. The van der Waals surface area contributed by atoms with Gasteiger partial charge in [0.05, 0.1) is 3.79 Å². The second-order valence-electron chi connectivity index (χ2n) is 3.27. The van der Waals surface area contributed by atoms with Gasteiger partial charge in [0.2, 0.25) is 0 Å². The topological polar surface area (TPSA) is 26.0 Å². The van der Waals surface area contributed by atoms with Gasteiger partial charge in [0, 0.05) is 11.4 Å². The van der Waals surface area contributed by atoms with Crippen LogP contribution in [0.1, 0.15) is 17.7 Å². The standard InChI is InChI=1S/C10H12BrNS/c11-10-4-3-9(13-10)8(5-6-12)7-1-2-7/h3-5,7H,1-2,6,12H2/b8-5-. The SMILES string of the molecule is NC/C=C(\c1ccc(Br)s1)C1CC1. The maximum atomic E-state index is 5.56. The minimum absolute atomic E-state index is 0.654. The van der Waals surface area contributed by atoms with E-state index in [2.05, 4.69) is 34.1 Å². The fourth-order valence-electron chi connectivity index (χ4n) is 1.46. The van der Waals surface area contributed by atoms with Crippen LogP contribution in [0.5, 0.6) is 0 Å². The molecule has 0 spiro atoms. The minimum atomic E-state index is 0.654. The van der Waals surface area contributed by atoms with E-state index in [-0.39, 0.29) is 0 Å². The fourth-order valence-corrected chi connectivity index (χ4v) is 2.96. The first-order chi connectivity index (χ1) is 6.31. The lowest BCUT2D eigenvalue weighted by atomic mass is 10.1. The van der Waals surface area contributed by atoms with E-state index in [0.29, 0.717) is 6.54 Å². The van der Waals surface area contributed by atoms with Gasteiger partial charge >= 0.3 is 0 Å². The summed E-state index contributed by atoms with van der Waals surface area (Å²) in [5.74, 6) is 0.786.